The molecular weight excluding hydrogens is 350 g/mol. The first kappa shape index (κ1) is 18.3. The normalized spacial score (nSPS) is 16.9. The topological polar surface area (TPSA) is 65.2 Å². The molecule has 5 nitrogen and oxygen atoms in total. The first-order valence-corrected chi connectivity index (χ1v) is 9.91. The van der Waals surface area contributed by atoms with Crippen LogP contribution in [-0.4, -0.2) is 34.8 Å². The maximum absolute atomic E-state index is 12.8. The summed E-state index contributed by atoms with van der Waals surface area (Å²) >= 11 is 0. The van der Waals surface area contributed by atoms with Crippen LogP contribution in [0.2, 0.25) is 0 Å². The van der Waals surface area contributed by atoms with Crippen LogP contribution in [0.5, 0.6) is 0 Å². The van der Waals surface area contributed by atoms with Crippen LogP contribution >= 0.6 is 0 Å². The third-order valence-corrected chi connectivity index (χ3v) is 5.42. The summed E-state index contributed by atoms with van der Waals surface area (Å²) in [6.07, 6.45) is 2.18. The van der Waals surface area contributed by atoms with Crippen LogP contribution in [0.1, 0.15) is 26.2 Å². The lowest BCUT2D eigenvalue weighted by atomic mass is 9.96. The molecule has 2 aromatic carbocycles. The van der Waals surface area contributed by atoms with Crippen molar-refractivity contribution in [3.63, 3.8) is 0 Å². The Bertz CT molecular complexity index is 975. The average molecular weight is 375 g/mol. The van der Waals surface area contributed by atoms with Crippen molar-refractivity contribution in [3.8, 4) is 11.3 Å². The van der Waals surface area contributed by atoms with E-state index < -0.39 is 0 Å². The van der Waals surface area contributed by atoms with Gasteiger partial charge in [0.05, 0.1) is 5.92 Å². The van der Waals surface area contributed by atoms with Crippen LogP contribution < -0.4 is 5.32 Å². The summed E-state index contributed by atoms with van der Waals surface area (Å²) in [5.74, 6) is -0.0401. The molecule has 144 valence electrons. The molecule has 0 saturated carbocycles. The van der Waals surface area contributed by atoms with Crippen molar-refractivity contribution >= 4 is 28.4 Å². The molecule has 1 saturated heterocycles. The smallest absolute Gasteiger partial charge is 0.229 e. The predicted octanol–water partition coefficient (Wildman–Crippen LogP) is 4.42. The molecule has 0 unspecified atom stereocenters. The number of H-pyrrole nitrogens is 1. The van der Waals surface area contributed by atoms with Crippen molar-refractivity contribution in [1.82, 2.24) is 9.88 Å². The number of hydrogen-bond donors (Lipinski definition) is 2. The molecule has 0 spiro atoms. The molecule has 2 amide bonds. The number of para-hydroxylation sites is 1. The molecule has 1 aliphatic heterocycles. The number of hydrogen-bond acceptors (Lipinski definition) is 2. The van der Waals surface area contributed by atoms with E-state index in [2.05, 4.69) is 28.5 Å². The number of fused-ring (bicyclic) bond motifs is 1. The number of aromatic amines is 1. The van der Waals surface area contributed by atoms with Crippen LogP contribution in [0.15, 0.2) is 54.6 Å². The second kappa shape index (κ2) is 7.89. The Morgan fingerprint density at radius 3 is 2.82 bits per heavy atom. The molecule has 3 aromatic rings. The van der Waals surface area contributed by atoms with Gasteiger partial charge in [-0.1, -0.05) is 37.3 Å². The average Bonchev–Trinajstić information content (AvgIpc) is 3.18. The predicted molar refractivity (Wildman–Crippen MR) is 112 cm³/mol. The third kappa shape index (κ3) is 3.79. The number of carbonyl (C=O) groups is 2. The molecule has 2 heterocycles. The van der Waals surface area contributed by atoms with Crippen molar-refractivity contribution in [3.05, 3.63) is 54.6 Å². The molecule has 4 rings (SSSR count). The highest BCUT2D eigenvalue weighted by Crippen LogP contribution is 2.27. The van der Waals surface area contributed by atoms with Gasteiger partial charge in [0, 0.05) is 47.4 Å². The molecule has 2 N–H and O–H groups in total. The molecule has 5 heteroatoms. The van der Waals surface area contributed by atoms with Crippen molar-refractivity contribution in [1.29, 1.82) is 0 Å². The lowest BCUT2D eigenvalue weighted by Gasteiger charge is -2.31. The summed E-state index contributed by atoms with van der Waals surface area (Å²) in [4.78, 5) is 30.0. The number of benzene rings is 2. The molecule has 0 aliphatic carbocycles. The summed E-state index contributed by atoms with van der Waals surface area (Å²) in [6, 6.07) is 18.1. The number of likely N-dealkylation sites (tertiary alicyclic amines) is 1. The van der Waals surface area contributed by atoms with E-state index in [9.17, 15) is 9.59 Å². The first-order valence-electron chi connectivity index (χ1n) is 9.91. The fourth-order valence-electron chi connectivity index (χ4n) is 3.88. The van der Waals surface area contributed by atoms with E-state index in [1.807, 2.05) is 48.2 Å². The van der Waals surface area contributed by atoms with E-state index in [1.165, 1.54) is 0 Å². The summed E-state index contributed by atoms with van der Waals surface area (Å²) in [6.45, 7) is 3.13. The van der Waals surface area contributed by atoms with Gasteiger partial charge in [0.15, 0.2) is 0 Å². The number of nitrogens with zero attached hydrogens (tertiary/aromatic N) is 1. The third-order valence-electron chi connectivity index (χ3n) is 5.42. The van der Waals surface area contributed by atoms with E-state index >= 15 is 0 Å². The van der Waals surface area contributed by atoms with Gasteiger partial charge in [0.2, 0.25) is 11.8 Å². The molecule has 1 fully saturated rings. The van der Waals surface area contributed by atoms with E-state index in [-0.39, 0.29) is 17.7 Å². The minimum absolute atomic E-state index is 0.0117. The van der Waals surface area contributed by atoms with E-state index in [0.717, 1.165) is 47.2 Å². The second-order valence-electron chi connectivity index (χ2n) is 7.37. The van der Waals surface area contributed by atoms with Crippen molar-refractivity contribution < 1.29 is 9.59 Å². The van der Waals surface area contributed by atoms with Gasteiger partial charge in [-0.25, -0.2) is 0 Å². The fourth-order valence-corrected chi connectivity index (χ4v) is 3.88. The molecule has 1 aliphatic rings. The van der Waals surface area contributed by atoms with E-state index in [4.69, 9.17) is 0 Å². The number of amides is 2. The van der Waals surface area contributed by atoms with Gasteiger partial charge in [-0.05, 0) is 37.1 Å². The van der Waals surface area contributed by atoms with Crippen LogP contribution in [0.4, 0.5) is 5.69 Å². The Kier molecular flexibility index (Phi) is 5.15. The largest absolute Gasteiger partial charge is 0.355 e. The highest BCUT2D eigenvalue weighted by Gasteiger charge is 2.27. The zero-order valence-electron chi connectivity index (χ0n) is 16.1. The maximum atomic E-state index is 12.8. The molecule has 1 atom stereocenters. The lowest BCUT2D eigenvalue weighted by Crippen LogP contribution is -2.43. The summed E-state index contributed by atoms with van der Waals surface area (Å²) in [5.41, 5.74) is 3.92. The van der Waals surface area contributed by atoms with Crippen LogP contribution in [0.25, 0.3) is 22.2 Å². The minimum Gasteiger partial charge on any atom is -0.355 e. The summed E-state index contributed by atoms with van der Waals surface area (Å²) in [7, 11) is 0. The van der Waals surface area contributed by atoms with Gasteiger partial charge in [-0.3, -0.25) is 9.59 Å². The number of piperidine rings is 1. The Morgan fingerprint density at radius 1 is 1.14 bits per heavy atom. The van der Waals surface area contributed by atoms with Gasteiger partial charge in [-0.2, -0.15) is 0 Å². The Labute approximate surface area is 164 Å². The maximum Gasteiger partial charge on any atom is 0.229 e. The molecule has 28 heavy (non-hydrogen) atoms. The number of aromatic nitrogens is 1. The molecule has 0 radical (unpaired) electrons. The SMILES string of the molecule is CCC(=O)N1CCC[C@@H](C(=O)Nc2cccc(-c3cc4ccccc4[nH]3)c2)C1. The fraction of sp³-hybridized carbons (Fsp3) is 0.304. The van der Waals surface area contributed by atoms with Crippen molar-refractivity contribution in [2.45, 2.75) is 26.2 Å². The Morgan fingerprint density at radius 2 is 2.00 bits per heavy atom. The Hall–Kier alpha value is -3.08. The number of rotatable bonds is 4. The van der Waals surface area contributed by atoms with Crippen molar-refractivity contribution in [2.75, 3.05) is 18.4 Å². The van der Waals surface area contributed by atoms with Gasteiger partial charge in [-0.15, -0.1) is 0 Å². The van der Waals surface area contributed by atoms with Crippen LogP contribution in [-0.2, 0) is 9.59 Å². The van der Waals surface area contributed by atoms with Gasteiger partial charge < -0.3 is 15.2 Å². The molecule has 1 aromatic heterocycles. The summed E-state index contributed by atoms with van der Waals surface area (Å²) in [5, 5.41) is 4.20. The van der Waals surface area contributed by atoms with Crippen molar-refractivity contribution in [2.24, 2.45) is 5.92 Å². The number of anilines is 1. The molecular formula is C23H25N3O2. The second-order valence-corrected chi connectivity index (χ2v) is 7.37. The van der Waals surface area contributed by atoms with E-state index in [1.54, 1.807) is 0 Å². The Balaban J connectivity index is 1.48. The minimum atomic E-state index is -0.152. The highest BCUT2D eigenvalue weighted by atomic mass is 16.2. The quantitative estimate of drug-likeness (QED) is 0.709. The number of carbonyl (C=O) groups excluding carboxylic acids is 2. The monoisotopic (exact) mass is 375 g/mol. The lowest BCUT2D eigenvalue weighted by molar-refractivity contribution is -0.134. The van der Waals surface area contributed by atoms with Gasteiger partial charge >= 0.3 is 0 Å². The van der Waals surface area contributed by atoms with Gasteiger partial charge in [0.25, 0.3) is 0 Å². The van der Waals surface area contributed by atoms with Crippen LogP contribution in [0.3, 0.4) is 0 Å². The first-order chi connectivity index (χ1) is 13.6. The summed E-state index contributed by atoms with van der Waals surface area (Å²) < 4.78 is 0. The highest BCUT2D eigenvalue weighted by molar-refractivity contribution is 5.94. The zero-order valence-corrected chi connectivity index (χ0v) is 16.1. The zero-order chi connectivity index (χ0) is 19.5. The standard InChI is InChI=1S/C23H25N3O2/c1-2-22(27)26-12-6-9-18(15-26)23(28)24-19-10-5-8-16(13-19)21-14-17-7-3-4-11-20(17)25-21/h3-5,7-8,10-11,13-14,18,25H,2,6,9,12,15H2,1H3,(H,24,28)/t18-/m1/s1. The van der Waals surface area contributed by atoms with Crippen LogP contribution in [0, 0.1) is 5.92 Å². The van der Waals surface area contributed by atoms with E-state index in [0.29, 0.717) is 13.0 Å². The van der Waals surface area contributed by atoms with Gasteiger partial charge in [0.1, 0.15) is 0 Å². The number of nitrogens with one attached hydrogen (secondary N) is 2. The molecule has 0 bridgehead atoms.